The molecule has 0 atom stereocenters. The van der Waals surface area contributed by atoms with Crippen molar-refractivity contribution in [2.75, 3.05) is 12.9 Å². The molecule has 0 unspecified atom stereocenters. The van der Waals surface area contributed by atoms with E-state index >= 15 is 0 Å². The summed E-state index contributed by atoms with van der Waals surface area (Å²) >= 11 is 3.25. The number of hydrogen-bond acceptors (Lipinski definition) is 6. The van der Waals surface area contributed by atoms with Gasteiger partial charge in [-0.15, -0.1) is 11.3 Å². The van der Waals surface area contributed by atoms with Gasteiger partial charge < -0.3 is 9.72 Å². The van der Waals surface area contributed by atoms with Crippen LogP contribution in [0.5, 0.6) is 0 Å². The van der Waals surface area contributed by atoms with Crippen LogP contribution in [0.1, 0.15) is 21.1 Å². The van der Waals surface area contributed by atoms with Crippen molar-refractivity contribution in [3.05, 3.63) is 28.0 Å². The van der Waals surface area contributed by atoms with E-state index in [4.69, 9.17) is 0 Å². The number of nitrogens with one attached hydrogen (secondary N) is 1. The first kappa shape index (κ1) is 13.1. The quantitative estimate of drug-likeness (QED) is 0.673. The molecule has 5 nitrogen and oxygen atoms in total. The van der Waals surface area contributed by atoms with Gasteiger partial charge in [-0.25, -0.2) is 14.8 Å². The number of rotatable bonds is 5. The number of nitrogens with zero attached hydrogens (tertiary/aromatic N) is 2. The Kier molecular flexibility index (Phi) is 4.38. The number of aromatic nitrogens is 3. The first-order valence-corrected chi connectivity index (χ1v) is 7.22. The summed E-state index contributed by atoms with van der Waals surface area (Å²) in [6, 6.07) is 0. The number of thioether (sulfide) groups is 1. The highest BCUT2D eigenvalue weighted by Gasteiger charge is 2.09. The molecule has 0 amide bonds. The number of carbonyl (C=O) groups excluding carboxylic acids is 1. The molecule has 0 fully saturated rings. The largest absolute Gasteiger partial charge is 0.464 e. The van der Waals surface area contributed by atoms with E-state index < -0.39 is 5.97 Å². The van der Waals surface area contributed by atoms with E-state index in [1.807, 2.05) is 12.4 Å². The number of esters is 1. The number of ether oxygens (including phenoxy) is 1. The monoisotopic (exact) mass is 283 g/mol. The van der Waals surface area contributed by atoms with Crippen molar-refractivity contribution in [2.45, 2.75) is 18.5 Å². The van der Waals surface area contributed by atoms with Crippen LogP contribution in [0.25, 0.3) is 0 Å². The second-order valence-electron chi connectivity index (χ2n) is 3.55. The van der Waals surface area contributed by atoms with Gasteiger partial charge in [0.25, 0.3) is 0 Å². The average molecular weight is 283 g/mol. The van der Waals surface area contributed by atoms with Gasteiger partial charge in [-0.05, 0) is 13.3 Å². The zero-order chi connectivity index (χ0) is 13.0. The molecule has 2 aromatic rings. The van der Waals surface area contributed by atoms with Gasteiger partial charge in [0.2, 0.25) is 0 Å². The lowest BCUT2D eigenvalue weighted by Gasteiger charge is -1.97. The zero-order valence-electron chi connectivity index (χ0n) is 10.1. The van der Waals surface area contributed by atoms with Crippen molar-refractivity contribution in [1.29, 1.82) is 0 Å². The Balaban J connectivity index is 1.85. The molecule has 0 radical (unpaired) electrons. The van der Waals surface area contributed by atoms with Crippen molar-refractivity contribution >= 4 is 29.1 Å². The summed E-state index contributed by atoms with van der Waals surface area (Å²) in [5.41, 5.74) is 3.33. The number of imidazole rings is 1. The van der Waals surface area contributed by atoms with Crippen LogP contribution in [0.2, 0.25) is 0 Å². The minimum absolute atomic E-state index is 0.383. The highest BCUT2D eigenvalue weighted by Crippen LogP contribution is 2.19. The molecule has 2 aromatic heterocycles. The summed E-state index contributed by atoms with van der Waals surface area (Å²) in [4.78, 5) is 23.8. The van der Waals surface area contributed by atoms with E-state index in [2.05, 4.69) is 19.7 Å². The molecule has 0 bridgehead atoms. The van der Waals surface area contributed by atoms with Crippen molar-refractivity contribution in [3.8, 4) is 0 Å². The molecule has 18 heavy (non-hydrogen) atoms. The van der Waals surface area contributed by atoms with Crippen molar-refractivity contribution < 1.29 is 9.53 Å². The molecule has 0 saturated carbocycles. The van der Waals surface area contributed by atoms with E-state index in [0.717, 1.165) is 23.0 Å². The lowest BCUT2D eigenvalue weighted by atomic mass is 10.3. The highest BCUT2D eigenvalue weighted by molar-refractivity contribution is 7.99. The van der Waals surface area contributed by atoms with Gasteiger partial charge in [0, 0.05) is 10.6 Å². The maximum absolute atomic E-state index is 11.2. The third-order valence-electron chi connectivity index (χ3n) is 2.37. The lowest BCUT2D eigenvalue weighted by molar-refractivity contribution is 0.0594. The van der Waals surface area contributed by atoms with E-state index in [9.17, 15) is 4.79 Å². The minimum Gasteiger partial charge on any atom is -0.464 e. The number of aromatic amines is 1. The smallest absolute Gasteiger partial charge is 0.356 e. The fourth-order valence-corrected chi connectivity index (χ4v) is 3.12. The van der Waals surface area contributed by atoms with E-state index in [-0.39, 0.29) is 0 Å². The number of carbonyl (C=O) groups is 1. The molecule has 1 N–H and O–H groups in total. The molecule has 96 valence electrons. The zero-order valence-corrected chi connectivity index (χ0v) is 11.7. The third kappa shape index (κ3) is 3.11. The predicted octanol–water partition coefficient (Wildman–Crippen LogP) is 2.30. The number of hydrogen-bond donors (Lipinski definition) is 1. The molecule has 2 rings (SSSR count). The lowest BCUT2D eigenvalue weighted by Crippen LogP contribution is -2.00. The van der Waals surface area contributed by atoms with Crippen LogP contribution in [0.3, 0.4) is 0 Å². The first-order valence-electron chi connectivity index (χ1n) is 5.35. The molecule has 7 heteroatoms. The summed E-state index contributed by atoms with van der Waals surface area (Å²) in [6.45, 7) is 2.01. The Morgan fingerprint density at radius 1 is 1.56 bits per heavy atom. The van der Waals surface area contributed by atoms with Gasteiger partial charge >= 0.3 is 5.97 Å². The summed E-state index contributed by atoms with van der Waals surface area (Å²) in [5, 5.41) is 0.734. The summed E-state index contributed by atoms with van der Waals surface area (Å²) in [6.07, 6.45) is 2.45. The van der Waals surface area contributed by atoms with E-state index in [0.29, 0.717) is 5.69 Å². The summed E-state index contributed by atoms with van der Waals surface area (Å²) in [5.74, 6) is 0.504. The standard InChI is InChI=1S/C11H13N3O2S2/c1-7-9(18-6-13-7)3-4-17-11-12-5-8(14-11)10(15)16-2/h5-6H,3-4H2,1-2H3,(H,12,14). The molecule has 0 aromatic carbocycles. The van der Waals surface area contributed by atoms with Crippen molar-refractivity contribution in [3.63, 3.8) is 0 Å². The molecule has 2 heterocycles. The summed E-state index contributed by atoms with van der Waals surface area (Å²) < 4.78 is 4.60. The van der Waals surface area contributed by atoms with E-state index in [1.165, 1.54) is 18.2 Å². The predicted molar refractivity (Wildman–Crippen MR) is 71.2 cm³/mol. The maximum atomic E-state index is 11.2. The number of methoxy groups -OCH3 is 1. The maximum Gasteiger partial charge on any atom is 0.356 e. The van der Waals surface area contributed by atoms with Crippen LogP contribution >= 0.6 is 23.1 Å². The second kappa shape index (κ2) is 6.01. The molecule has 0 aliphatic heterocycles. The van der Waals surface area contributed by atoms with Crippen LogP contribution in [-0.4, -0.2) is 33.8 Å². The van der Waals surface area contributed by atoms with Crippen LogP contribution in [0.15, 0.2) is 16.9 Å². The number of thiazole rings is 1. The number of H-pyrrole nitrogens is 1. The van der Waals surface area contributed by atoms with Gasteiger partial charge in [0.1, 0.15) is 5.69 Å². The summed E-state index contributed by atoms with van der Waals surface area (Å²) in [7, 11) is 1.35. The normalized spacial score (nSPS) is 10.6. The van der Waals surface area contributed by atoms with Crippen LogP contribution in [0.4, 0.5) is 0 Å². The third-order valence-corrected chi connectivity index (χ3v) is 4.25. The van der Waals surface area contributed by atoms with Crippen LogP contribution in [0, 0.1) is 6.92 Å². The Morgan fingerprint density at radius 2 is 2.39 bits per heavy atom. The highest BCUT2D eigenvalue weighted by atomic mass is 32.2. The SMILES string of the molecule is COC(=O)c1cnc(SCCc2scnc2C)[nH]1. The Hall–Kier alpha value is -1.34. The molecule has 0 aliphatic carbocycles. The minimum atomic E-state index is -0.396. The topological polar surface area (TPSA) is 67.9 Å². The molecular formula is C11H13N3O2S2. The van der Waals surface area contributed by atoms with Crippen LogP contribution < -0.4 is 0 Å². The van der Waals surface area contributed by atoms with Gasteiger partial charge in [-0.1, -0.05) is 11.8 Å². The van der Waals surface area contributed by atoms with Gasteiger partial charge in [0.05, 0.1) is 24.5 Å². The van der Waals surface area contributed by atoms with Crippen LogP contribution in [-0.2, 0) is 11.2 Å². The fourth-order valence-electron chi connectivity index (χ4n) is 1.40. The molecule has 0 aliphatic rings. The first-order chi connectivity index (χ1) is 8.70. The average Bonchev–Trinajstić information content (AvgIpc) is 2.99. The van der Waals surface area contributed by atoms with Gasteiger partial charge in [0.15, 0.2) is 5.16 Å². The Labute approximate surface area is 113 Å². The molecule has 0 spiro atoms. The van der Waals surface area contributed by atoms with Crippen molar-refractivity contribution in [1.82, 2.24) is 15.0 Å². The van der Waals surface area contributed by atoms with Gasteiger partial charge in [-0.3, -0.25) is 0 Å². The molecule has 0 saturated heterocycles. The fraction of sp³-hybridized carbons (Fsp3) is 0.364. The Morgan fingerprint density at radius 3 is 3.06 bits per heavy atom. The van der Waals surface area contributed by atoms with Crippen molar-refractivity contribution in [2.24, 2.45) is 0 Å². The van der Waals surface area contributed by atoms with Gasteiger partial charge in [-0.2, -0.15) is 0 Å². The Bertz CT molecular complexity index is 536. The van der Waals surface area contributed by atoms with E-state index in [1.54, 1.807) is 23.1 Å². The second-order valence-corrected chi connectivity index (χ2v) is 5.58. The number of aryl methyl sites for hydroxylation is 2. The molecular weight excluding hydrogens is 270 g/mol.